The minimum absolute atomic E-state index is 0.297. The molecule has 7 aromatic carbocycles. The van der Waals surface area contributed by atoms with Crippen LogP contribution in [0, 0.1) is 89.2 Å². The molecule has 0 amide bonds. The summed E-state index contributed by atoms with van der Waals surface area (Å²) in [6.45, 7) is 25.5. The number of nitrogens with zero attached hydrogens (tertiary/aromatic N) is 13. The van der Waals surface area contributed by atoms with Crippen molar-refractivity contribution in [2.45, 2.75) is 95.8 Å². The van der Waals surface area contributed by atoms with Crippen LogP contribution in [0.4, 0.5) is 17.6 Å². The third kappa shape index (κ3) is 16.4. The molecule has 14 rings (SSSR count). The predicted molar refractivity (Wildman–Crippen MR) is 389 cm³/mol. The minimum atomic E-state index is -4.45. The lowest BCUT2D eigenvalue weighted by molar-refractivity contribution is -0.146. The molecule has 0 aliphatic heterocycles. The lowest BCUT2D eigenvalue weighted by Gasteiger charge is -2.28. The van der Waals surface area contributed by atoms with Gasteiger partial charge in [-0.15, -0.1) is 0 Å². The van der Waals surface area contributed by atoms with Crippen molar-refractivity contribution in [3.05, 3.63) is 329 Å². The monoisotopic (exact) mass is 1330 g/mol. The summed E-state index contributed by atoms with van der Waals surface area (Å²) >= 11 is 0. The van der Waals surface area contributed by atoms with E-state index in [-0.39, 0.29) is 0 Å². The van der Waals surface area contributed by atoms with Crippen molar-refractivity contribution in [3.8, 4) is 39.8 Å². The Morgan fingerprint density at radius 1 is 0.408 bits per heavy atom. The maximum Gasteiger partial charge on any atom is 0.450 e. The van der Waals surface area contributed by atoms with E-state index < -0.39 is 26.2 Å². The van der Waals surface area contributed by atoms with Crippen molar-refractivity contribution in [3.63, 3.8) is 0 Å². The fraction of sp³-hybridized carbons (Fsp3) is 0.188. The molecule has 0 radical (unpaired) electrons. The smallest absolute Gasteiger partial charge is 0.338 e. The van der Waals surface area contributed by atoms with Gasteiger partial charge in [0.2, 0.25) is 5.82 Å². The average molecular weight is 1330 g/mol. The molecule has 0 N–H and O–H groups in total. The lowest BCUT2D eigenvalue weighted by atomic mass is 10.2. The number of hydrogen-bond acceptors (Lipinski definition) is 7. The van der Waals surface area contributed by atoms with Gasteiger partial charge in [-0.2, -0.15) is 22.7 Å². The molecule has 13 nitrogen and oxygen atoms in total. The lowest BCUT2D eigenvalue weighted by Crippen LogP contribution is -2.67. The Morgan fingerprint density at radius 3 is 1.21 bits per heavy atom. The molecule has 98 heavy (non-hydrogen) atoms. The fourth-order valence-corrected chi connectivity index (χ4v) is 14.8. The van der Waals surface area contributed by atoms with Crippen LogP contribution in [-0.4, -0.2) is 70.6 Å². The standard InChI is InChI=1S/C19H22N2Si.C16H15N3.C12H11F3N2.C11H11FN2.2C11H12N2/c1-15-16(2)21(3)19(20-15)22(4,17-11-7-5-8-12-17)18-13-9-6-10-14-18;1-12-13(2)19(15-6-4-3-5-7-15)16(18-12)14-8-10-17-11-9-14;1-8-9(2)17(10-6-4-3-5-7-10)11(16-8)12(13,14)15;1-8-9(2)14(11(12)13-8)10-6-4-3-5-7-10;1-9-10(2)13(8-12-9)11-6-4-3-5-7-11;1-9-8-12-13(10(9)2)11-6-4-3-5-7-11/h5-14H,1-4H3;3-11H,1-2H3;3-7H,1-2H3;3-7H,1-2H3;2*3-8H,1-2H3/i;;;;2*8D. The first-order chi connectivity index (χ1) is 47.8. The van der Waals surface area contributed by atoms with E-state index in [0.29, 0.717) is 29.6 Å². The maximum absolute atomic E-state index is 13.4. The Morgan fingerprint density at radius 2 is 0.806 bits per heavy atom. The van der Waals surface area contributed by atoms with Crippen LogP contribution in [0.1, 0.15) is 76.8 Å². The van der Waals surface area contributed by atoms with E-state index in [1.165, 1.54) is 26.1 Å². The summed E-state index contributed by atoms with van der Waals surface area (Å²) in [5.41, 5.74) is 17.7. The molecule has 0 saturated heterocycles. The SMILES string of the molecule is Cc1nc(-c2ccncc2)n(-c2ccccc2)c1C.Cc1nc(C(F)(F)F)n(-c2ccccc2)c1C.Cc1nc(F)n(-c2ccccc2)c1C.Cc1nc([Si](C)(c2ccccc2)c2ccccc2)n(C)c1C.[2H]c1nc(C)c(C)n1-c1ccccc1.[2H]c1nn(-c2ccccc2)c(C)c1C. The van der Waals surface area contributed by atoms with Gasteiger partial charge >= 0.3 is 6.18 Å². The van der Waals surface area contributed by atoms with Crippen LogP contribution in [-0.2, 0) is 13.2 Å². The highest BCUT2D eigenvalue weighted by atomic mass is 28.3. The predicted octanol–water partition coefficient (Wildman–Crippen LogP) is 16.8. The number of hydrogen-bond donors (Lipinski definition) is 0. The van der Waals surface area contributed by atoms with Crippen LogP contribution in [0.15, 0.2) is 249 Å². The number of aryl methyl sites for hydroxylation is 5. The Hall–Kier alpha value is -11.1. The van der Waals surface area contributed by atoms with Crippen LogP contribution < -0.4 is 15.8 Å². The Kier molecular flexibility index (Phi) is 22.4. The summed E-state index contributed by atoms with van der Waals surface area (Å²) < 4.78 is 78.0. The van der Waals surface area contributed by atoms with Gasteiger partial charge in [0.25, 0.3) is 6.08 Å². The Balaban J connectivity index is 0.000000141. The van der Waals surface area contributed by atoms with Crippen LogP contribution >= 0.6 is 0 Å². The highest BCUT2D eigenvalue weighted by Gasteiger charge is 2.40. The third-order valence-electron chi connectivity index (χ3n) is 17.4. The van der Waals surface area contributed by atoms with E-state index >= 15 is 0 Å². The summed E-state index contributed by atoms with van der Waals surface area (Å²) in [4.78, 5) is 25.2. The Bertz CT molecular complexity index is 4810. The van der Waals surface area contributed by atoms with Crippen molar-refractivity contribution in [1.29, 1.82) is 0 Å². The van der Waals surface area contributed by atoms with E-state index in [1.54, 1.807) is 68.2 Å². The average Bonchev–Trinajstić information content (AvgIpc) is 1.37. The van der Waals surface area contributed by atoms with Crippen LogP contribution in [0.3, 0.4) is 0 Å². The minimum Gasteiger partial charge on any atom is -0.338 e. The molecule has 0 saturated carbocycles. The normalized spacial score (nSPS) is 11.2. The maximum atomic E-state index is 13.4. The molecule has 0 aliphatic carbocycles. The molecule has 7 aromatic heterocycles. The van der Waals surface area contributed by atoms with Gasteiger partial charge in [0.05, 0.1) is 53.5 Å². The van der Waals surface area contributed by atoms with Crippen molar-refractivity contribution < 1.29 is 20.3 Å². The molecular weight excluding hydrogens is 1250 g/mol. The van der Waals surface area contributed by atoms with Gasteiger partial charge in [0.15, 0.2) is 8.07 Å². The second-order valence-electron chi connectivity index (χ2n) is 23.7. The molecule has 0 spiro atoms. The van der Waals surface area contributed by atoms with Gasteiger partial charge in [-0.1, -0.05) is 158 Å². The summed E-state index contributed by atoms with van der Waals surface area (Å²) in [5.74, 6) is 0.0855. The van der Waals surface area contributed by atoms with E-state index in [4.69, 9.17) is 12.7 Å². The zero-order valence-corrected chi connectivity index (χ0v) is 58.8. The first-order valence-corrected chi connectivity index (χ1v) is 34.6. The van der Waals surface area contributed by atoms with Crippen LogP contribution in [0.5, 0.6) is 0 Å². The molecule has 14 aromatic rings. The molecule has 0 atom stereocenters. The number of benzene rings is 7. The number of pyridine rings is 1. The largest absolute Gasteiger partial charge is 0.450 e. The molecule has 0 aliphatic rings. The number of imidazole rings is 5. The van der Waals surface area contributed by atoms with Gasteiger partial charge in [-0.25, -0.2) is 29.6 Å². The third-order valence-corrected chi connectivity index (χ3v) is 21.7. The molecule has 0 unspecified atom stereocenters. The van der Waals surface area contributed by atoms with Gasteiger partial charge < -0.3 is 9.13 Å². The molecule has 500 valence electrons. The van der Waals surface area contributed by atoms with Crippen molar-refractivity contribution in [2.24, 2.45) is 7.05 Å². The molecule has 0 fully saturated rings. The Labute approximate surface area is 576 Å². The van der Waals surface area contributed by atoms with Gasteiger partial charge in [-0.3, -0.25) is 18.7 Å². The van der Waals surface area contributed by atoms with Gasteiger partial charge in [-0.05, 0) is 172 Å². The number of para-hydroxylation sites is 5. The topological polar surface area (TPSA) is 120 Å². The van der Waals surface area contributed by atoms with Gasteiger partial charge in [0, 0.05) is 81.9 Å². The van der Waals surface area contributed by atoms with Gasteiger partial charge in [0.1, 0.15) is 7.20 Å². The highest BCUT2D eigenvalue weighted by Crippen LogP contribution is 2.32. The second kappa shape index (κ2) is 32.1. The van der Waals surface area contributed by atoms with Crippen LogP contribution in [0.2, 0.25) is 6.55 Å². The van der Waals surface area contributed by atoms with Crippen molar-refractivity contribution >= 4 is 23.9 Å². The first-order valence-electron chi connectivity index (χ1n) is 33.1. The summed E-state index contributed by atoms with van der Waals surface area (Å²) in [7, 11) is 0.0597. The molecule has 7 heterocycles. The zero-order valence-electron chi connectivity index (χ0n) is 59.8. The molecule has 18 heteroatoms. The molecule has 0 bridgehead atoms. The van der Waals surface area contributed by atoms with Crippen molar-refractivity contribution in [1.82, 2.24) is 62.5 Å². The van der Waals surface area contributed by atoms with Crippen molar-refractivity contribution in [2.75, 3.05) is 0 Å². The first kappa shape index (κ1) is 68.3. The number of alkyl halides is 3. The summed E-state index contributed by atoms with van der Waals surface area (Å²) in [6, 6.07) is 73.5. The summed E-state index contributed by atoms with van der Waals surface area (Å²) in [6.07, 6.45) is -0.660. The van der Waals surface area contributed by atoms with E-state index in [2.05, 4.69) is 141 Å². The second-order valence-corrected chi connectivity index (χ2v) is 27.5. The van der Waals surface area contributed by atoms with E-state index in [9.17, 15) is 17.6 Å². The van der Waals surface area contributed by atoms with E-state index in [0.717, 1.165) is 89.8 Å². The molecular formula is C80H83F4N13Si. The number of rotatable bonds is 9. The highest BCUT2D eigenvalue weighted by molar-refractivity contribution is 7.10. The van der Waals surface area contributed by atoms with E-state index in [1.807, 2.05) is 167 Å². The fourth-order valence-electron chi connectivity index (χ4n) is 11.0. The van der Waals surface area contributed by atoms with Crippen LogP contribution in [0.25, 0.3) is 39.8 Å². The summed E-state index contributed by atoms with van der Waals surface area (Å²) in [5, 5.41) is 6.96. The zero-order chi connectivity index (χ0) is 72.0. The number of halogens is 4. The number of aromatic nitrogens is 13. The quantitative estimate of drug-likeness (QED) is 0.104.